The van der Waals surface area contributed by atoms with Gasteiger partial charge in [0.2, 0.25) is 0 Å². The van der Waals surface area contributed by atoms with Gasteiger partial charge in [0.25, 0.3) is 0 Å². The van der Waals surface area contributed by atoms with E-state index in [4.69, 9.17) is 26.3 Å². The second-order valence-corrected chi connectivity index (χ2v) is 10.4. The molecule has 0 N–H and O–H groups in total. The van der Waals surface area contributed by atoms with Gasteiger partial charge >= 0.3 is 0 Å². The number of rotatable bonds is 5. The van der Waals surface area contributed by atoms with Gasteiger partial charge in [-0.25, -0.2) is 9.97 Å². The number of nitrogens with zero attached hydrogens (tertiary/aromatic N) is 2. The van der Waals surface area contributed by atoms with Crippen molar-refractivity contribution < 1.29 is 9.53 Å². The topological polar surface area (TPSA) is 52.1 Å². The summed E-state index contributed by atoms with van der Waals surface area (Å²) in [5, 5.41) is 3.32. The van der Waals surface area contributed by atoms with E-state index in [9.17, 15) is 4.79 Å². The van der Waals surface area contributed by atoms with Gasteiger partial charge in [0.1, 0.15) is 9.86 Å². The number of Topliss-reactive ketones (excluding diaryl/α,β-unsaturated/α-hetero) is 1. The van der Waals surface area contributed by atoms with Crippen molar-refractivity contribution in [3.8, 4) is 0 Å². The number of aromatic nitrogens is 2. The smallest absolute Gasteiger partial charge is 0.189 e. The first-order valence-electron chi connectivity index (χ1n) is 8.78. The Morgan fingerprint density at radius 3 is 2.75 bits per heavy atom. The molecular formula is C20H19ClN2O2S3. The Balaban J connectivity index is 1.68. The molecule has 0 fully saturated rings. The molecule has 3 heterocycles. The molecule has 4 rings (SSSR count). The zero-order valence-electron chi connectivity index (χ0n) is 15.7. The lowest BCUT2D eigenvalue weighted by Gasteiger charge is -2.30. The zero-order chi connectivity index (χ0) is 19.9. The molecule has 1 aromatic carbocycles. The summed E-state index contributed by atoms with van der Waals surface area (Å²) in [6.45, 7) is 4.81. The molecular weight excluding hydrogens is 432 g/mol. The van der Waals surface area contributed by atoms with Crippen molar-refractivity contribution in [3.05, 3.63) is 45.3 Å². The standard InChI is InChI=1S/C20H19ClN2O2S3/c1-20(2)8-13-15(9-25-20)28-18-16(13)17(22-19(23-18)26-3)27-10-14(24)11-4-6-12(21)7-5-11/h4-7H,8-10H2,1-3H3. The minimum absolute atomic E-state index is 0.0619. The van der Waals surface area contributed by atoms with E-state index in [1.54, 1.807) is 35.6 Å². The van der Waals surface area contributed by atoms with E-state index in [1.807, 2.05) is 6.26 Å². The number of benzene rings is 1. The first-order chi connectivity index (χ1) is 13.4. The molecule has 0 saturated carbocycles. The summed E-state index contributed by atoms with van der Waals surface area (Å²) in [6.07, 6.45) is 2.79. The molecule has 3 aromatic rings. The fraction of sp³-hybridized carbons (Fsp3) is 0.350. The lowest BCUT2D eigenvalue weighted by atomic mass is 9.95. The Labute approximate surface area is 181 Å². The number of ether oxygens (including phenoxy) is 1. The van der Waals surface area contributed by atoms with Crippen LogP contribution in [0.1, 0.15) is 34.6 Å². The summed E-state index contributed by atoms with van der Waals surface area (Å²) < 4.78 is 5.97. The van der Waals surface area contributed by atoms with E-state index in [1.165, 1.54) is 34.0 Å². The molecule has 0 amide bonds. The van der Waals surface area contributed by atoms with Crippen molar-refractivity contribution in [1.82, 2.24) is 9.97 Å². The molecule has 0 spiro atoms. The minimum atomic E-state index is -0.208. The van der Waals surface area contributed by atoms with E-state index in [0.29, 0.717) is 22.9 Å². The maximum atomic E-state index is 12.6. The van der Waals surface area contributed by atoms with Crippen molar-refractivity contribution in [1.29, 1.82) is 0 Å². The molecule has 0 radical (unpaired) electrons. The van der Waals surface area contributed by atoms with Crippen molar-refractivity contribution in [2.45, 2.75) is 42.7 Å². The highest BCUT2D eigenvalue weighted by atomic mass is 35.5. The fourth-order valence-electron chi connectivity index (χ4n) is 3.14. The predicted octanol–water partition coefficient (Wildman–Crippen LogP) is 5.89. The van der Waals surface area contributed by atoms with E-state index in [0.717, 1.165) is 26.8 Å². The fourth-order valence-corrected chi connectivity index (χ4v) is 5.87. The van der Waals surface area contributed by atoms with Gasteiger partial charge in [-0.3, -0.25) is 4.79 Å². The van der Waals surface area contributed by atoms with E-state index in [-0.39, 0.29) is 11.4 Å². The highest BCUT2D eigenvalue weighted by Crippen LogP contribution is 2.42. The molecule has 8 heteroatoms. The molecule has 0 bridgehead atoms. The molecule has 28 heavy (non-hydrogen) atoms. The van der Waals surface area contributed by atoms with Crippen LogP contribution in [-0.4, -0.2) is 33.4 Å². The summed E-state index contributed by atoms with van der Waals surface area (Å²) in [6, 6.07) is 7.01. The summed E-state index contributed by atoms with van der Waals surface area (Å²) in [4.78, 5) is 24.3. The number of ketones is 1. The van der Waals surface area contributed by atoms with Crippen LogP contribution in [0.15, 0.2) is 34.4 Å². The second kappa shape index (κ2) is 7.95. The van der Waals surface area contributed by atoms with Gasteiger partial charge in [0.15, 0.2) is 10.9 Å². The van der Waals surface area contributed by atoms with Gasteiger partial charge in [0.05, 0.1) is 18.0 Å². The van der Waals surface area contributed by atoms with Crippen LogP contribution >= 0.6 is 46.5 Å². The lowest BCUT2D eigenvalue weighted by molar-refractivity contribution is -0.0379. The number of hydrogen-bond acceptors (Lipinski definition) is 7. The van der Waals surface area contributed by atoms with E-state index < -0.39 is 0 Å². The maximum absolute atomic E-state index is 12.6. The van der Waals surface area contributed by atoms with Crippen LogP contribution in [0.5, 0.6) is 0 Å². The molecule has 0 atom stereocenters. The number of halogens is 1. The Hall–Kier alpha value is -1.12. The Bertz CT molecular complexity index is 1050. The first kappa shape index (κ1) is 20.2. The Morgan fingerprint density at radius 2 is 2.04 bits per heavy atom. The van der Waals surface area contributed by atoms with Crippen molar-refractivity contribution >= 4 is 62.5 Å². The molecule has 1 aliphatic heterocycles. The highest BCUT2D eigenvalue weighted by Gasteiger charge is 2.31. The average Bonchev–Trinajstić information content (AvgIpc) is 3.02. The molecule has 146 valence electrons. The molecule has 0 saturated heterocycles. The SMILES string of the molecule is CSc1nc(SCC(=O)c2ccc(Cl)cc2)c2c3c(sc2n1)COC(C)(C)C3. The van der Waals surface area contributed by atoms with Crippen LogP contribution in [-0.2, 0) is 17.8 Å². The van der Waals surface area contributed by atoms with Gasteiger partial charge in [-0.1, -0.05) is 35.1 Å². The molecule has 1 aliphatic rings. The minimum Gasteiger partial charge on any atom is -0.370 e. The molecule has 4 nitrogen and oxygen atoms in total. The molecule has 0 unspecified atom stereocenters. The summed E-state index contributed by atoms with van der Waals surface area (Å²) in [7, 11) is 0. The molecule has 2 aromatic heterocycles. The second-order valence-electron chi connectivity index (χ2n) is 7.14. The van der Waals surface area contributed by atoms with Gasteiger partial charge in [-0.05, 0) is 49.9 Å². The van der Waals surface area contributed by atoms with Gasteiger partial charge < -0.3 is 4.74 Å². The Kier molecular flexibility index (Phi) is 5.73. The van der Waals surface area contributed by atoms with Crippen LogP contribution in [0, 0.1) is 0 Å². The number of carbonyl (C=O) groups is 1. The third-order valence-electron chi connectivity index (χ3n) is 4.57. The third-order valence-corrected chi connectivity index (χ3v) is 7.44. The number of thiophene rings is 1. The van der Waals surface area contributed by atoms with Crippen molar-refractivity contribution in [3.63, 3.8) is 0 Å². The molecule has 0 aliphatic carbocycles. The van der Waals surface area contributed by atoms with Crippen LogP contribution in [0.4, 0.5) is 0 Å². The zero-order valence-corrected chi connectivity index (χ0v) is 18.9. The van der Waals surface area contributed by atoms with Gasteiger partial charge in [-0.2, -0.15) is 0 Å². The van der Waals surface area contributed by atoms with E-state index in [2.05, 4.69) is 13.8 Å². The predicted molar refractivity (Wildman–Crippen MR) is 118 cm³/mol. The number of thioether (sulfide) groups is 2. The van der Waals surface area contributed by atoms with Crippen LogP contribution in [0.25, 0.3) is 10.2 Å². The Morgan fingerprint density at radius 1 is 1.29 bits per heavy atom. The first-order valence-corrected chi connectivity index (χ1v) is 12.2. The quantitative estimate of drug-likeness (QED) is 0.209. The summed E-state index contributed by atoms with van der Waals surface area (Å²) in [5.74, 6) is 0.387. The van der Waals surface area contributed by atoms with Crippen LogP contribution in [0.2, 0.25) is 5.02 Å². The normalized spacial score (nSPS) is 15.6. The van der Waals surface area contributed by atoms with Crippen molar-refractivity contribution in [2.75, 3.05) is 12.0 Å². The summed E-state index contributed by atoms with van der Waals surface area (Å²) in [5.41, 5.74) is 1.72. The monoisotopic (exact) mass is 450 g/mol. The number of fused-ring (bicyclic) bond motifs is 3. The van der Waals surface area contributed by atoms with Crippen LogP contribution in [0.3, 0.4) is 0 Å². The van der Waals surface area contributed by atoms with E-state index >= 15 is 0 Å². The summed E-state index contributed by atoms with van der Waals surface area (Å²) >= 11 is 10.6. The largest absolute Gasteiger partial charge is 0.370 e. The van der Waals surface area contributed by atoms with Gasteiger partial charge in [-0.15, -0.1) is 11.3 Å². The average molecular weight is 451 g/mol. The maximum Gasteiger partial charge on any atom is 0.189 e. The third kappa shape index (κ3) is 4.09. The highest BCUT2D eigenvalue weighted by molar-refractivity contribution is 8.00. The van der Waals surface area contributed by atoms with Crippen molar-refractivity contribution in [2.24, 2.45) is 0 Å². The number of hydrogen-bond donors (Lipinski definition) is 0. The van der Waals surface area contributed by atoms with Crippen LogP contribution < -0.4 is 0 Å². The van der Waals surface area contributed by atoms with Gasteiger partial charge in [0, 0.05) is 27.3 Å². The lowest BCUT2D eigenvalue weighted by Crippen LogP contribution is -2.31. The number of carbonyl (C=O) groups excluding carboxylic acids is 1.